The first-order chi connectivity index (χ1) is 5.29. The van der Waals surface area contributed by atoms with Crippen LogP contribution in [0.4, 0.5) is 0 Å². The number of aryl methyl sites for hydroxylation is 1. The fourth-order valence-corrected chi connectivity index (χ4v) is 2.48. The maximum atomic E-state index is 4.29. The Labute approximate surface area is 82.6 Å². The second kappa shape index (κ2) is 2.71. The van der Waals surface area contributed by atoms with Gasteiger partial charge in [-0.1, -0.05) is 6.07 Å². The van der Waals surface area contributed by atoms with Gasteiger partial charge >= 0.3 is 0 Å². The number of aromatic nitrogens is 1. The lowest BCUT2D eigenvalue weighted by atomic mass is 10.2. The van der Waals surface area contributed by atoms with Gasteiger partial charge in [-0.05, 0) is 41.1 Å². The molecule has 0 spiro atoms. The van der Waals surface area contributed by atoms with Gasteiger partial charge in [-0.25, -0.2) is 4.98 Å². The van der Waals surface area contributed by atoms with Crippen molar-refractivity contribution in [2.24, 2.45) is 0 Å². The summed E-state index contributed by atoms with van der Waals surface area (Å²) in [4.78, 5) is 4.29. The molecule has 1 aromatic carbocycles. The van der Waals surface area contributed by atoms with E-state index in [-0.39, 0.29) is 0 Å². The molecule has 0 aliphatic carbocycles. The number of nitrogens with zero attached hydrogens (tertiary/aromatic N) is 1. The lowest BCUT2D eigenvalue weighted by Crippen LogP contribution is -1.80. The second-order valence-corrected chi connectivity index (χ2v) is 4.36. The summed E-state index contributed by atoms with van der Waals surface area (Å²) in [5.74, 6) is 0. The van der Waals surface area contributed by atoms with Crippen molar-refractivity contribution in [3.8, 4) is 0 Å². The molecule has 11 heavy (non-hydrogen) atoms. The number of hydrogen-bond acceptors (Lipinski definition) is 2. The fraction of sp³-hybridized carbons (Fsp3) is 0.125. The zero-order valence-corrected chi connectivity index (χ0v) is 8.94. The smallest absolute Gasteiger partial charge is 0.0947 e. The van der Waals surface area contributed by atoms with E-state index in [9.17, 15) is 0 Å². The van der Waals surface area contributed by atoms with Crippen LogP contribution in [0.2, 0.25) is 0 Å². The highest BCUT2D eigenvalue weighted by molar-refractivity contribution is 14.1. The van der Waals surface area contributed by atoms with Crippen molar-refractivity contribution in [2.75, 3.05) is 0 Å². The Morgan fingerprint density at radius 3 is 3.09 bits per heavy atom. The van der Waals surface area contributed by atoms with E-state index in [0.29, 0.717) is 0 Å². The van der Waals surface area contributed by atoms with Crippen molar-refractivity contribution in [3.05, 3.63) is 26.8 Å². The average molecular weight is 275 g/mol. The van der Waals surface area contributed by atoms with Crippen LogP contribution in [0, 0.1) is 10.5 Å². The van der Waals surface area contributed by atoms with Crippen molar-refractivity contribution >= 4 is 44.1 Å². The first-order valence-electron chi connectivity index (χ1n) is 3.27. The van der Waals surface area contributed by atoms with Gasteiger partial charge in [0, 0.05) is 3.57 Å². The predicted octanol–water partition coefficient (Wildman–Crippen LogP) is 3.21. The highest BCUT2D eigenvalue weighted by Gasteiger charge is 2.02. The molecule has 0 saturated carbocycles. The maximum Gasteiger partial charge on any atom is 0.0947 e. The van der Waals surface area contributed by atoms with E-state index in [4.69, 9.17) is 0 Å². The molecule has 56 valence electrons. The van der Waals surface area contributed by atoms with Crippen molar-refractivity contribution in [2.45, 2.75) is 6.92 Å². The molecule has 0 saturated heterocycles. The van der Waals surface area contributed by atoms with E-state index in [1.165, 1.54) is 13.8 Å². The van der Waals surface area contributed by atoms with Crippen LogP contribution >= 0.6 is 33.9 Å². The lowest BCUT2D eigenvalue weighted by Gasteiger charge is -1.96. The van der Waals surface area contributed by atoms with Gasteiger partial charge in [0.1, 0.15) is 0 Å². The Kier molecular flexibility index (Phi) is 1.85. The van der Waals surface area contributed by atoms with E-state index < -0.39 is 0 Å². The molecular formula is C8H6INS. The minimum absolute atomic E-state index is 1.15. The molecule has 0 fully saturated rings. The summed E-state index contributed by atoms with van der Waals surface area (Å²) < 4.78 is 2.56. The summed E-state index contributed by atoms with van der Waals surface area (Å²) in [5, 5.41) is 0. The third kappa shape index (κ3) is 1.16. The molecule has 3 heteroatoms. The van der Waals surface area contributed by atoms with Crippen molar-refractivity contribution in [1.82, 2.24) is 4.98 Å². The van der Waals surface area contributed by atoms with E-state index in [2.05, 4.69) is 46.6 Å². The Hall–Kier alpha value is -0.160. The fourth-order valence-electron chi connectivity index (χ4n) is 0.999. The molecule has 0 atom stereocenters. The van der Waals surface area contributed by atoms with E-state index in [0.717, 1.165) is 5.52 Å². The maximum absolute atomic E-state index is 4.29. The summed E-state index contributed by atoms with van der Waals surface area (Å²) in [5.41, 5.74) is 4.35. The van der Waals surface area contributed by atoms with Gasteiger partial charge in [0.2, 0.25) is 0 Å². The molecule has 0 unspecified atom stereocenters. The summed E-state index contributed by atoms with van der Waals surface area (Å²) in [7, 11) is 0. The third-order valence-electron chi connectivity index (χ3n) is 1.63. The van der Waals surface area contributed by atoms with Crippen LogP contribution in [0.5, 0.6) is 0 Å². The largest absolute Gasteiger partial charge is 0.244 e. The minimum atomic E-state index is 1.15. The highest BCUT2D eigenvalue weighted by atomic mass is 127. The Morgan fingerprint density at radius 2 is 2.27 bits per heavy atom. The van der Waals surface area contributed by atoms with Crippen molar-refractivity contribution < 1.29 is 0 Å². The van der Waals surface area contributed by atoms with Gasteiger partial charge in [0.25, 0.3) is 0 Å². The van der Waals surface area contributed by atoms with Crippen LogP contribution in [-0.2, 0) is 0 Å². The molecule has 1 heterocycles. The van der Waals surface area contributed by atoms with Crippen LogP contribution < -0.4 is 0 Å². The number of thiazole rings is 1. The first kappa shape index (κ1) is 7.49. The van der Waals surface area contributed by atoms with Crippen LogP contribution in [0.3, 0.4) is 0 Å². The van der Waals surface area contributed by atoms with Crippen LogP contribution in [0.15, 0.2) is 17.6 Å². The van der Waals surface area contributed by atoms with Gasteiger partial charge in [0.15, 0.2) is 0 Å². The van der Waals surface area contributed by atoms with Gasteiger partial charge in [-0.3, -0.25) is 0 Å². The van der Waals surface area contributed by atoms with Gasteiger partial charge in [-0.15, -0.1) is 11.3 Å². The predicted molar refractivity (Wildman–Crippen MR) is 57.1 cm³/mol. The lowest BCUT2D eigenvalue weighted by molar-refractivity contribution is 1.41. The summed E-state index contributed by atoms with van der Waals surface area (Å²) >= 11 is 4.04. The molecule has 0 radical (unpaired) electrons. The molecule has 2 aromatic rings. The monoisotopic (exact) mass is 275 g/mol. The summed E-state index contributed by atoms with van der Waals surface area (Å²) in [6.07, 6.45) is 0. The first-order valence-corrected chi connectivity index (χ1v) is 5.23. The van der Waals surface area contributed by atoms with Crippen LogP contribution in [-0.4, -0.2) is 4.98 Å². The van der Waals surface area contributed by atoms with Crippen LogP contribution in [0.25, 0.3) is 10.2 Å². The minimum Gasteiger partial charge on any atom is -0.244 e. The number of benzene rings is 1. The van der Waals surface area contributed by atoms with Crippen molar-refractivity contribution in [1.29, 1.82) is 0 Å². The number of fused-ring (bicyclic) bond motifs is 1. The molecular weight excluding hydrogens is 269 g/mol. The number of halogens is 1. The van der Waals surface area contributed by atoms with Crippen LogP contribution in [0.1, 0.15) is 5.56 Å². The topological polar surface area (TPSA) is 12.9 Å². The standard InChI is InChI=1S/C8H6INS/c1-5-2-3-6-8(7(5)9)10-4-11-6/h2-4H,1H3. The van der Waals surface area contributed by atoms with Crippen molar-refractivity contribution in [3.63, 3.8) is 0 Å². The van der Waals surface area contributed by atoms with E-state index in [1.54, 1.807) is 11.3 Å². The highest BCUT2D eigenvalue weighted by Crippen LogP contribution is 2.24. The molecule has 1 nitrogen and oxygen atoms in total. The molecule has 2 rings (SSSR count). The Morgan fingerprint density at radius 1 is 1.45 bits per heavy atom. The summed E-state index contributed by atoms with van der Waals surface area (Å²) in [6.45, 7) is 2.11. The van der Waals surface area contributed by atoms with E-state index in [1.807, 2.05) is 5.51 Å². The summed E-state index contributed by atoms with van der Waals surface area (Å²) in [6, 6.07) is 4.27. The van der Waals surface area contributed by atoms with Gasteiger partial charge < -0.3 is 0 Å². The molecule has 1 aromatic heterocycles. The SMILES string of the molecule is Cc1ccc2scnc2c1I. The zero-order chi connectivity index (χ0) is 7.84. The van der Waals surface area contributed by atoms with Gasteiger partial charge in [-0.2, -0.15) is 0 Å². The van der Waals surface area contributed by atoms with Gasteiger partial charge in [0.05, 0.1) is 15.7 Å². The Balaban J connectivity index is 2.93. The second-order valence-electron chi connectivity index (χ2n) is 2.40. The average Bonchev–Trinajstić information content (AvgIpc) is 2.45. The quantitative estimate of drug-likeness (QED) is 0.673. The third-order valence-corrected chi connectivity index (χ3v) is 3.79. The number of rotatable bonds is 0. The molecule has 0 amide bonds. The molecule has 0 aliphatic heterocycles. The number of hydrogen-bond donors (Lipinski definition) is 0. The molecule has 0 N–H and O–H groups in total. The molecule has 0 bridgehead atoms. The zero-order valence-electron chi connectivity index (χ0n) is 5.97. The molecule has 0 aliphatic rings. The normalized spacial score (nSPS) is 10.7. The van der Waals surface area contributed by atoms with E-state index >= 15 is 0 Å². The Bertz CT molecular complexity index is 394.